The third-order valence-corrected chi connectivity index (χ3v) is 2.82. The Morgan fingerprint density at radius 3 is 2.29 bits per heavy atom. The number of nitrogens with two attached hydrogens (primary N) is 1. The van der Waals surface area contributed by atoms with Gasteiger partial charge in [-0.05, 0) is 29.8 Å². The third kappa shape index (κ3) is 4.04. The SMILES string of the molecule is N=C(N)C(NC(=O)Nc1ccc(F)cc1)c1ccccc1. The van der Waals surface area contributed by atoms with Crippen molar-refractivity contribution in [3.63, 3.8) is 0 Å². The Kier molecular flexibility index (Phi) is 4.50. The predicted molar refractivity (Wildman–Crippen MR) is 79.7 cm³/mol. The van der Waals surface area contributed by atoms with Gasteiger partial charge >= 0.3 is 6.03 Å². The van der Waals surface area contributed by atoms with Crippen LogP contribution in [-0.2, 0) is 0 Å². The number of nitrogens with one attached hydrogen (secondary N) is 3. The van der Waals surface area contributed by atoms with Gasteiger partial charge in [0.05, 0.1) is 0 Å². The van der Waals surface area contributed by atoms with Crippen molar-refractivity contribution in [3.8, 4) is 0 Å². The van der Waals surface area contributed by atoms with Gasteiger partial charge in [-0.15, -0.1) is 0 Å². The normalized spacial score (nSPS) is 11.5. The molecule has 0 radical (unpaired) electrons. The number of rotatable bonds is 4. The molecule has 2 aromatic rings. The van der Waals surface area contributed by atoms with Crippen molar-refractivity contribution in [2.24, 2.45) is 5.73 Å². The van der Waals surface area contributed by atoms with Gasteiger partial charge in [0.2, 0.25) is 0 Å². The van der Waals surface area contributed by atoms with Gasteiger partial charge < -0.3 is 16.4 Å². The highest BCUT2D eigenvalue weighted by atomic mass is 19.1. The van der Waals surface area contributed by atoms with Gasteiger partial charge in [0.15, 0.2) is 0 Å². The Morgan fingerprint density at radius 2 is 1.71 bits per heavy atom. The first-order chi connectivity index (χ1) is 10.1. The fraction of sp³-hybridized carbons (Fsp3) is 0.0667. The van der Waals surface area contributed by atoms with Crippen LogP contribution in [-0.4, -0.2) is 11.9 Å². The zero-order chi connectivity index (χ0) is 15.2. The van der Waals surface area contributed by atoms with Gasteiger partial charge in [0.25, 0.3) is 0 Å². The summed E-state index contributed by atoms with van der Waals surface area (Å²) in [6, 6.07) is 13.1. The summed E-state index contributed by atoms with van der Waals surface area (Å²) in [5, 5.41) is 12.7. The average Bonchev–Trinajstić information content (AvgIpc) is 2.48. The third-order valence-electron chi connectivity index (χ3n) is 2.82. The molecular weight excluding hydrogens is 271 g/mol. The quantitative estimate of drug-likeness (QED) is 0.514. The highest BCUT2D eigenvalue weighted by Gasteiger charge is 2.17. The minimum Gasteiger partial charge on any atom is -0.386 e. The molecule has 0 aliphatic heterocycles. The maximum atomic E-state index is 12.8. The lowest BCUT2D eigenvalue weighted by Crippen LogP contribution is -2.39. The molecule has 2 rings (SSSR count). The lowest BCUT2D eigenvalue weighted by atomic mass is 10.1. The first-order valence-electron chi connectivity index (χ1n) is 6.28. The van der Waals surface area contributed by atoms with Crippen molar-refractivity contribution in [1.29, 1.82) is 5.41 Å². The van der Waals surface area contributed by atoms with Crippen molar-refractivity contribution in [1.82, 2.24) is 5.32 Å². The summed E-state index contributed by atoms with van der Waals surface area (Å²) in [6.45, 7) is 0. The largest absolute Gasteiger partial charge is 0.386 e. The van der Waals surface area contributed by atoms with E-state index in [-0.39, 0.29) is 11.7 Å². The van der Waals surface area contributed by atoms with Crippen LogP contribution in [0.3, 0.4) is 0 Å². The Labute approximate surface area is 121 Å². The van der Waals surface area contributed by atoms with Crippen LogP contribution in [0.2, 0.25) is 0 Å². The van der Waals surface area contributed by atoms with E-state index in [2.05, 4.69) is 10.6 Å². The van der Waals surface area contributed by atoms with E-state index in [9.17, 15) is 9.18 Å². The van der Waals surface area contributed by atoms with Crippen LogP contribution in [0.1, 0.15) is 11.6 Å². The molecule has 21 heavy (non-hydrogen) atoms. The van der Waals surface area contributed by atoms with E-state index in [1.165, 1.54) is 24.3 Å². The number of carbonyl (C=O) groups is 1. The van der Waals surface area contributed by atoms with E-state index >= 15 is 0 Å². The summed E-state index contributed by atoms with van der Waals surface area (Å²) < 4.78 is 12.8. The lowest BCUT2D eigenvalue weighted by molar-refractivity contribution is 0.251. The summed E-state index contributed by atoms with van der Waals surface area (Å²) >= 11 is 0. The highest BCUT2D eigenvalue weighted by molar-refractivity contribution is 5.94. The Balaban J connectivity index is 2.05. The van der Waals surface area contributed by atoms with E-state index in [1.807, 2.05) is 6.07 Å². The molecule has 0 aliphatic rings. The second-order valence-electron chi connectivity index (χ2n) is 4.40. The molecule has 0 fully saturated rings. The summed E-state index contributed by atoms with van der Waals surface area (Å²) in [6.07, 6.45) is 0. The number of urea groups is 1. The van der Waals surface area contributed by atoms with Gasteiger partial charge in [0.1, 0.15) is 17.7 Å². The van der Waals surface area contributed by atoms with E-state index in [0.29, 0.717) is 11.3 Å². The fourth-order valence-electron chi connectivity index (χ4n) is 1.82. The van der Waals surface area contributed by atoms with Gasteiger partial charge in [-0.25, -0.2) is 9.18 Å². The van der Waals surface area contributed by atoms with E-state index in [0.717, 1.165) is 0 Å². The Bertz CT molecular complexity index is 628. The second-order valence-corrected chi connectivity index (χ2v) is 4.40. The fourth-order valence-corrected chi connectivity index (χ4v) is 1.82. The summed E-state index contributed by atoms with van der Waals surface area (Å²) in [4.78, 5) is 11.9. The molecule has 1 atom stereocenters. The van der Waals surface area contributed by atoms with Crippen molar-refractivity contribution < 1.29 is 9.18 Å². The summed E-state index contributed by atoms with van der Waals surface area (Å²) in [7, 11) is 0. The average molecular weight is 286 g/mol. The van der Waals surface area contributed by atoms with Gasteiger partial charge in [-0.3, -0.25) is 5.41 Å². The smallest absolute Gasteiger partial charge is 0.320 e. The first-order valence-corrected chi connectivity index (χ1v) is 6.28. The number of amidine groups is 1. The highest BCUT2D eigenvalue weighted by Crippen LogP contribution is 2.13. The number of carbonyl (C=O) groups excluding carboxylic acids is 1. The van der Waals surface area contributed by atoms with E-state index in [4.69, 9.17) is 11.1 Å². The van der Waals surface area contributed by atoms with E-state index in [1.54, 1.807) is 24.3 Å². The molecule has 0 bridgehead atoms. The molecule has 0 saturated carbocycles. The number of halogens is 1. The van der Waals surface area contributed by atoms with Crippen molar-refractivity contribution in [3.05, 3.63) is 66.0 Å². The molecule has 1 unspecified atom stereocenters. The molecular formula is C15H15FN4O. The van der Waals surface area contributed by atoms with Crippen LogP contribution < -0.4 is 16.4 Å². The Hall–Kier alpha value is -2.89. The van der Waals surface area contributed by atoms with Crippen LogP contribution in [0, 0.1) is 11.2 Å². The van der Waals surface area contributed by atoms with Crippen LogP contribution >= 0.6 is 0 Å². The molecule has 108 valence electrons. The minimum atomic E-state index is -0.716. The van der Waals surface area contributed by atoms with E-state index < -0.39 is 12.1 Å². The number of anilines is 1. The molecule has 5 N–H and O–H groups in total. The molecule has 0 aromatic heterocycles. The molecule has 5 nitrogen and oxygen atoms in total. The second kappa shape index (κ2) is 6.51. The topological polar surface area (TPSA) is 91.0 Å². The Morgan fingerprint density at radius 1 is 1.10 bits per heavy atom. The minimum absolute atomic E-state index is 0.171. The number of hydrogen-bond donors (Lipinski definition) is 4. The van der Waals surface area contributed by atoms with Crippen LogP contribution in [0.5, 0.6) is 0 Å². The van der Waals surface area contributed by atoms with Crippen LogP contribution in [0.4, 0.5) is 14.9 Å². The van der Waals surface area contributed by atoms with Crippen molar-refractivity contribution in [2.45, 2.75) is 6.04 Å². The van der Waals surface area contributed by atoms with Gasteiger partial charge in [-0.1, -0.05) is 30.3 Å². The zero-order valence-corrected chi connectivity index (χ0v) is 11.1. The lowest BCUT2D eigenvalue weighted by Gasteiger charge is -2.18. The first kappa shape index (κ1) is 14.5. The van der Waals surface area contributed by atoms with Gasteiger partial charge in [-0.2, -0.15) is 0 Å². The molecule has 0 aliphatic carbocycles. The maximum absolute atomic E-state index is 12.8. The molecule has 2 amide bonds. The molecule has 6 heteroatoms. The predicted octanol–water partition coefficient (Wildman–Crippen LogP) is 2.62. The van der Waals surface area contributed by atoms with Gasteiger partial charge in [0, 0.05) is 5.69 Å². The monoisotopic (exact) mass is 286 g/mol. The van der Waals surface area contributed by atoms with Crippen molar-refractivity contribution >= 4 is 17.6 Å². The number of benzene rings is 2. The van der Waals surface area contributed by atoms with Crippen LogP contribution in [0.15, 0.2) is 54.6 Å². The summed E-state index contributed by atoms with van der Waals surface area (Å²) in [5.74, 6) is -0.553. The van der Waals surface area contributed by atoms with Crippen LogP contribution in [0.25, 0.3) is 0 Å². The molecule has 0 saturated heterocycles. The van der Waals surface area contributed by atoms with Crippen molar-refractivity contribution in [2.75, 3.05) is 5.32 Å². The maximum Gasteiger partial charge on any atom is 0.320 e. The zero-order valence-electron chi connectivity index (χ0n) is 11.1. The number of hydrogen-bond acceptors (Lipinski definition) is 2. The molecule has 0 heterocycles. The number of amides is 2. The standard InChI is InChI=1S/C15H15FN4O/c16-11-6-8-12(9-7-11)19-15(21)20-13(14(17)18)10-4-2-1-3-5-10/h1-9,13H,(H3,17,18)(H2,19,20,21). The summed E-state index contributed by atoms with van der Waals surface area (Å²) in [5.41, 5.74) is 6.68. The molecule has 0 spiro atoms. The molecule has 2 aromatic carbocycles.